The Morgan fingerprint density at radius 2 is 1.84 bits per heavy atom. The molecule has 0 aromatic heterocycles. The molecule has 0 bridgehead atoms. The van der Waals surface area contributed by atoms with E-state index in [1.807, 2.05) is 6.07 Å². The van der Waals surface area contributed by atoms with Crippen molar-refractivity contribution in [1.29, 1.82) is 5.26 Å². The van der Waals surface area contributed by atoms with Gasteiger partial charge in [0.1, 0.15) is 17.7 Å². The summed E-state index contributed by atoms with van der Waals surface area (Å²) in [5.74, 6) is -1.01. The third-order valence-electron chi connectivity index (χ3n) is 2.58. The summed E-state index contributed by atoms with van der Waals surface area (Å²) in [5, 5.41) is 11.8. The maximum atomic E-state index is 13.8. The Labute approximate surface area is 117 Å². The summed E-state index contributed by atoms with van der Waals surface area (Å²) < 4.78 is 27.8. The van der Waals surface area contributed by atoms with E-state index in [0.717, 1.165) is 0 Å². The standard InChI is InChI=1S/C14H9BrF2N2/c15-9-5-6-10(12(17)7-9)14(8-18)19-13-4-2-1-3-11(13)16/h1-7,14,19H. The highest BCUT2D eigenvalue weighted by atomic mass is 79.9. The van der Waals surface area contributed by atoms with Gasteiger partial charge in [0.25, 0.3) is 0 Å². The van der Waals surface area contributed by atoms with Gasteiger partial charge in [-0.25, -0.2) is 8.78 Å². The normalized spacial score (nSPS) is 11.7. The van der Waals surface area contributed by atoms with Gasteiger partial charge in [0, 0.05) is 10.0 Å². The number of nitrogens with zero attached hydrogens (tertiary/aromatic N) is 1. The summed E-state index contributed by atoms with van der Waals surface area (Å²) in [6, 6.07) is 11.3. The zero-order valence-electron chi connectivity index (χ0n) is 9.70. The smallest absolute Gasteiger partial charge is 0.146 e. The first-order valence-corrected chi connectivity index (χ1v) is 6.26. The molecular formula is C14H9BrF2N2. The van der Waals surface area contributed by atoms with Gasteiger partial charge in [-0.2, -0.15) is 5.26 Å². The monoisotopic (exact) mass is 322 g/mol. The molecule has 2 rings (SSSR count). The first-order chi connectivity index (χ1) is 9.11. The molecule has 0 heterocycles. The molecule has 0 aliphatic heterocycles. The molecule has 1 atom stereocenters. The van der Waals surface area contributed by atoms with Crippen LogP contribution in [0.25, 0.3) is 0 Å². The molecule has 19 heavy (non-hydrogen) atoms. The first-order valence-electron chi connectivity index (χ1n) is 5.47. The van der Waals surface area contributed by atoms with Crippen molar-refractivity contribution in [3.05, 3.63) is 64.1 Å². The largest absolute Gasteiger partial charge is 0.364 e. The molecule has 1 N–H and O–H groups in total. The van der Waals surface area contributed by atoms with Crippen LogP contribution in [0.3, 0.4) is 0 Å². The summed E-state index contributed by atoms with van der Waals surface area (Å²) in [6.07, 6.45) is 0. The highest BCUT2D eigenvalue weighted by Crippen LogP contribution is 2.25. The van der Waals surface area contributed by atoms with Crippen LogP contribution in [-0.2, 0) is 0 Å². The number of para-hydroxylation sites is 1. The minimum atomic E-state index is -0.954. The van der Waals surface area contributed by atoms with Crippen molar-refractivity contribution in [3.8, 4) is 6.07 Å². The topological polar surface area (TPSA) is 35.8 Å². The summed E-state index contributed by atoms with van der Waals surface area (Å²) in [6.45, 7) is 0. The van der Waals surface area contributed by atoms with Gasteiger partial charge < -0.3 is 5.32 Å². The van der Waals surface area contributed by atoms with E-state index in [1.54, 1.807) is 18.2 Å². The van der Waals surface area contributed by atoms with Gasteiger partial charge >= 0.3 is 0 Å². The molecular weight excluding hydrogens is 314 g/mol. The van der Waals surface area contributed by atoms with Gasteiger partial charge in [-0.05, 0) is 24.3 Å². The van der Waals surface area contributed by atoms with Gasteiger partial charge in [0.15, 0.2) is 0 Å². The van der Waals surface area contributed by atoms with Crippen LogP contribution < -0.4 is 5.32 Å². The summed E-state index contributed by atoms with van der Waals surface area (Å²) in [4.78, 5) is 0. The minimum Gasteiger partial charge on any atom is -0.364 e. The summed E-state index contributed by atoms with van der Waals surface area (Å²) in [7, 11) is 0. The predicted octanol–water partition coefficient (Wildman–Crippen LogP) is 4.40. The lowest BCUT2D eigenvalue weighted by atomic mass is 10.1. The second-order valence-electron chi connectivity index (χ2n) is 3.85. The number of hydrogen-bond donors (Lipinski definition) is 1. The molecule has 0 amide bonds. The van der Waals surface area contributed by atoms with E-state index in [9.17, 15) is 8.78 Å². The van der Waals surface area contributed by atoms with E-state index in [1.165, 1.54) is 24.3 Å². The van der Waals surface area contributed by atoms with Gasteiger partial charge in [-0.3, -0.25) is 0 Å². The molecule has 1 unspecified atom stereocenters. The van der Waals surface area contributed by atoms with Crippen LogP contribution in [0.15, 0.2) is 46.9 Å². The van der Waals surface area contributed by atoms with Crippen molar-refractivity contribution in [2.24, 2.45) is 0 Å². The lowest BCUT2D eigenvalue weighted by molar-refractivity contribution is 0.603. The lowest BCUT2D eigenvalue weighted by Gasteiger charge is -2.14. The van der Waals surface area contributed by atoms with Crippen molar-refractivity contribution in [3.63, 3.8) is 0 Å². The Morgan fingerprint density at radius 3 is 2.47 bits per heavy atom. The highest BCUT2D eigenvalue weighted by molar-refractivity contribution is 9.10. The van der Waals surface area contributed by atoms with Crippen molar-refractivity contribution in [2.45, 2.75) is 6.04 Å². The molecule has 0 saturated heterocycles. The van der Waals surface area contributed by atoms with E-state index in [4.69, 9.17) is 5.26 Å². The number of halogens is 3. The maximum Gasteiger partial charge on any atom is 0.146 e. The average molecular weight is 323 g/mol. The number of rotatable bonds is 3. The van der Waals surface area contributed by atoms with Crippen molar-refractivity contribution in [2.75, 3.05) is 5.32 Å². The van der Waals surface area contributed by atoms with Crippen molar-refractivity contribution >= 4 is 21.6 Å². The van der Waals surface area contributed by atoms with E-state index < -0.39 is 17.7 Å². The Hall–Kier alpha value is -1.93. The van der Waals surface area contributed by atoms with E-state index in [-0.39, 0.29) is 11.3 Å². The van der Waals surface area contributed by atoms with Crippen molar-refractivity contribution < 1.29 is 8.78 Å². The Balaban J connectivity index is 2.31. The van der Waals surface area contributed by atoms with Gasteiger partial charge in [0.05, 0.1) is 11.8 Å². The van der Waals surface area contributed by atoms with Crippen molar-refractivity contribution in [1.82, 2.24) is 0 Å². The fourth-order valence-corrected chi connectivity index (χ4v) is 1.98. The lowest BCUT2D eigenvalue weighted by Crippen LogP contribution is -2.11. The minimum absolute atomic E-state index is 0.163. The third kappa shape index (κ3) is 3.09. The third-order valence-corrected chi connectivity index (χ3v) is 3.07. The highest BCUT2D eigenvalue weighted by Gasteiger charge is 2.16. The van der Waals surface area contributed by atoms with Crippen LogP contribution in [0.2, 0.25) is 0 Å². The fraction of sp³-hybridized carbons (Fsp3) is 0.0714. The first kappa shape index (κ1) is 13.5. The van der Waals surface area contributed by atoms with Gasteiger partial charge in [0.2, 0.25) is 0 Å². The van der Waals surface area contributed by atoms with Crippen LogP contribution in [0.5, 0.6) is 0 Å². The van der Waals surface area contributed by atoms with Gasteiger partial charge in [-0.15, -0.1) is 0 Å². The molecule has 0 saturated carbocycles. The Bertz CT molecular complexity index is 638. The second kappa shape index (κ2) is 5.81. The van der Waals surface area contributed by atoms with Gasteiger partial charge in [-0.1, -0.05) is 34.1 Å². The summed E-state index contributed by atoms with van der Waals surface area (Å²) >= 11 is 3.14. The molecule has 0 aliphatic rings. The van der Waals surface area contributed by atoms with E-state index in [2.05, 4.69) is 21.2 Å². The zero-order chi connectivity index (χ0) is 13.8. The van der Waals surface area contributed by atoms with Crippen LogP contribution in [-0.4, -0.2) is 0 Å². The molecule has 0 fully saturated rings. The predicted molar refractivity (Wildman–Crippen MR) is 72.5 cm³/mol. The quantitative estimate of drug-likeness (QED) is 0.908. The molecule has 0 radical (unpaired) electrons. The molecule has 2 nitrogen and oxygen atoms in total. The maximum absolute atomic E-state index is 13.8. The number of anilines is 1. The SMILES string of the molecule is N#CC(Nc1ccccc1F)c1ccc(Br)cc1F. The fourth-order valence-electron chi connectivity index (χ4n) is 1.65. The van der Waals surface area contributed by atoms with Crippen LogP contribution in [0, 0.1) is 23.0 Å². The van der Waals surface area contributed by atoms with Crippen LogP contribution in [0.4, 0.5) is 14.5 Å². The van der Waals surface area contributed by atoms with Crippen LogP contribution >= 0.6 is 15.9 Å². The molecule has 0 aliphatic carbocycles. The van der Waals surface area contributed by atoms with E-state index >= 15 is 0 Å². The average Bonchev–Trinajstić information content (AvgIpc) is 2.39. The zero-order valence-corrected chi connectivity index (χ0v) is 11.3. The molecule has 2 aromatic rings. The molecule has 96 valence electrons. The second-order valence-corrected chi connectivity index (χ2v) is 4.77. The summed E-state index contributed by atoms with van der Waals surface area (Å²) in [5.41, 5.74) is 0.338. The molecule has 2 aromatic carbocycles. The number of hydrogen-bond acceptors (Lipinski definition) is 2. The Kier molecular flexibility index (Phi) is 4.13. The molecule has 5 heteroatoms. The number of nitriles is 1. The number of nitrogens with one attached hydrogen (secondary N) is 1. The Morgan fingerprint density at radius 1 is 1.11 bits per heavy atom. The van der Waals surface area contributed by atoms with E-state index in [0.29, 0.717) is 4.47 Å². The molecule has 0 spiro atoms. The number of benzene rings is 2. The van der Waals surface area contributed by atoms with Crippen LogP contribution in [0.1, 0.15) is 11.6 Å².